The van der Waals surface area contributed by atoms with Crippen LogP contribution in [-0.2, 0) is 0 Å². The zero-order chi connectivity index (χ0) is 17.0. The van der Waals surface area contributed by atoms with E-state index in [2.05, 4.69) is 22.2 Å². The number of fused-ring (bicyclic) bond motifs is 1. The number of nitrogens with zero attached hydrogens (tertiary/aromatic N) is 2. The van der Waals surface area contributed by atoms with Crippen LogP contribution in [0.5, 0.6) is 0 Å². The van der Waals surface area contributed by atoms with Crippen LogP contribution in [0.15, 0.2) is 24.5 Å². The Bertz CT molecular complexity index is 600. The Balaban J connectivity index is 1.58. The number of hydrogen-bond donors (Lipinski definition) is 1. The first-order valence-corrected chi connectivity index (χ1v) is 9.45. The molecule has 0 bridgehead atoms. The Morgan fingerprint density at radius 3 is 2.25 bits per heavy atom. The van der Waals surface area contributed by atoms with E-state index >= 15 is 0 Å². The quantitative estimate of drug-likeness (QED) is 0.477. The summed E-state index contributed by atoms with van der Waals surface area (Å²) < 4.78 is 13.2. The van der Waals surface area contributed by atoms with Gasteiger partial charge in [0.15, 0.2) is 0 Å². The van der Waals surface area contributed by atoms with Gasteiger partial charge in [0.1, 0.15) is 18.0 Å². The third-order valence-corrected chi connectivity index (χ3v) is 4.42. The number of unbranched alkanes of at least 4 members (excludes halogenated alkanes) is 9. The molecule has 1 aromatic heterocycles. The predicted molar refractivity (Wildman–Crippen MR) is 99.8 cm³/mol. The molecule has 4 heteroatoms. The van der Waals surface area contributed by atoms with Gasteiger partial charge in [-0.15, -0.1) is 0 Å². The molecule has 0 amide bonds. The number of halogens is 1. The highest BCUT2D eigenvalue weighted by atomic mass is 19.1. The first-order chi connectivity index (χ1) is 11.8. The molecule has 0 spiro atoms. The van der Waals surface area contributed by atoms with Crippen molar-refractivity contribution in [3.63, 3.8) is 0 Å². The van der Waals surface area contributed by atoms with E-state index in [1.54, 1.807) is 6.07 Å². The molecule has 0 saturated heterocycles. The van der Waals surface area contributed by atoms with Crippen molar-refractivity contribution in [2.75, 3.05) is 11.9 Å². The van der Waals surface area contributed by atoms with Crippen LogP contribution in [0.2, 0.25) is 0 Å². The molecule has 2 aromatic rings. The zero-order valence-electron chi connectivity index (χ0n) is 14.9. The SMILES string of the molecule is CCCCCCCCCCCCNc1ncnc2cc(F)ccc12. The molecule has 24 heavy (non-hydrogen) atoms. The standard InChI is InChI=1S/C20H30FN3/c1-2-3-4-5-6-7-8-9-10-11-14-22-20-18-13-12-17(21)15-19(18)23-16-24-20/h12-13,15-16H,2-11,14H2,1H3,(H,22,23,24). The highest BCUT2D eigenvalue weighted by Gasteiger charge is 2.04. The molecule has 0 aliphatic rings. The predicted octanol–water partition coefficient (Wildman–Crippen LogP) is 6.10. The summed E-state index contributed by atoms with van der Waals surface area (Å²) in [4.78, 5) is 8.39. The van der Waals surface area contributed by atoms with Crippen LogP contribution in [0, 0.1) is 5.82 Å². The second kappa shape index (κ2) is 11.0. The summed E-state index contributed by atoms with van der Waals surface area (Å²) in [6, 6.07) is 4.64. The van der Waals surface area contributed by atoms with E-state index in [4.69, 9.17) is 0 Å². The molecule has 0 aliphatic carbocycles. The van der Waals surface area contributed by atoms with E-state index in [-0.39, 0.29) is 5.82 Å². The molecule has 0 atom stereocenters. The van der Waals surface area contributed by atoms with Gasteiger partial charge >= 0.3 is 0 Å². The van der Waals surface area contributed by atoms with Crippen molar-refractivity contribution >= 4 is 16.7 Å². The summed E-state index contributed by atoms with van der Waals surface area (Å²) in [5.74, 6) is 0.540. The molecule has 0 unspecified atom stereocenters. The largest absolute Gasteiger partial charge is 0.369 e. The second-order valence-corrected chi connectivity index (χ2v) is 6.49. The fourth-order valence-electron chi connectivity index (χ4n) is 2.99. The van der Waals surface area contributed by atoms with Gasteiger partial charge in [0.25, 0.3) is 0 Å². The fraction of sp³-hybridized carbons (Fsp3) is 0.600. The zero-order valence-corrected chi connectivity index (χ0v) is 14.9. The molecular formula is C20H30FN3. The molecule has 3 nitrogen and oxygen atoms in total. The summed E-state index contributed by atoms with van der Waals surface area (Å²) in [6.07, 6.45) is 14.8. The van der Waals surface area contributed by atoms with Gasteiger partial charge < -0.3 is 5.32 Å². The fourth-order valence-corrected chi connectivity index (χ4v) is 2.99. The van der Waals surface area contributed by atoms with Gasteiger partial charge in [-0.25, -0.2) is 14.4 Å². The van der Waals surface area contributed by atoms with E-state index in [0.29, 0.717) is 5.52 Å². The molecule has 132 valence electrons. The lowest BCUT2D eigenvalue weighted by atomic mass is 10.1. The number of nitrogens with one attached hydrogen (secondary N) is 1. The number of anilines is 1. The smallest absolute Gasteiger partial charge is 0.137 e. The molecule has 1 heterocycles. The third kappa shape index (κ3) is 6.42. The molecule has 1 aromatic carbocycles. The highest BCUT2D eigenvalue weighted by molar-refractivity contribution is 5.88. The highest BCUT2D eigenvalue weighted by Crippen LogP contribution is 2.20. The van der Waals surface area contributed by atoms with Gasteiger partial charge in [-0.1, -0.05) is 64.7 Å². The van der Waals surface area contributed by atoms with Gasteiger partial charge in [0.05, 0.1) is 5.52 Å². The molecule has 0 aliphatic heterocycles. The van der Waals surface area contributed by atoms with Gasteiger partial charge in [-0.2, -0.15) is 0 Å². The van der Waals surface area contributed by atoms with Crippen molar-refractivity contribution in [1.82, 2.24) is 9.97 Å². The first kappa shape index (κ1) is 18.6. The van der Waals surface area contributed by atoms with E-state index in [1.165, 1.54) is 76.2 Å². The van der Waals surface area contributed by atoms with Crippen molar-refractivity contribution in [2.24, 2.45) is 0 Å². The summed E-state index contributed by atoms with van der Waals surface area (Å²) in [5, 5.41) is 4.24. The van der Waals surface area contributed by atoms with Crippen LogP contribution in [0.4, 0.5) is 10.2 Å². The number of aromatic nitrogens is 2. The molecule has 1 N–H and O–H groups in total. The average molecular weight is 331 g/mol. The first-order valence-electron chi connectivity index (χ1n) is 9.45. The minimum absolute atomic E-state index is 0.262. The molecule has 2 rings (SSSR count). The maximum atomic E-state index is 13.2. The minimum Gasteiger partial charge on any atom is -0.369 e. The Labute approximate surface area is 145 Å². The van der Waals surface area contributed by atoms with E-state index in [9.17, 15) is 4.39 Å². The van der Waals surface area contributed by atoms with E-state index < -0.39 is 0 Å². The Morgan fingerprint density at radius 2 is 1.54 bits per heavy atom. The molecular weight excluding hydrogens is 301 g/mol. The van der Waals surface area contributed by atoms with E-state index in [0.717, 1.165) is 24.2 Å². The van der Waals surface area contributed by atoms with Gasteiger partial charge in [-0.05, 0) is 18.6 Å². The summed E-state index contributed by atoms with van der Waals surface area (Å²) in [5.41, 5.74) is 0.649. The summed E-state index contributed by atoms with van der Waals surface area (Å²) in [7, 11) is 0. The Morgan fingerprint density at radius 1 is 0.875 bits per heavy atom. The molecule has 0 fully saturated rings. The topological polar surface area (TPSA) is 37.8 Å². The number of hydrogen-bond acceptors (Lipinski definition) is 3. The summed E-state index contributed by atoms with van der Waals surface area (Å²) in [6.45, 7) is 3.16. The third-order valence-electron chi connectivity index (χ3n) is 4.42. The van der Waals surface area contributed by atoms with Crippen molar-refractivity contribution in [3.05, 3.63) is 30.3 Å². The number of benzene rings is 1. The Kier molecular flexibility index (Phi) is 8.50. The van der Waals surface area contributed by atoms with Gasteiger partial charge in [-0.3, -0.25) is 0 Å². The lowest BCUT2D eigenvalue weighted by Gasteiger charge is -2.08. The average Bonchev–Trinajstić information content (AvgIpc) is 2.59. The molecule has 0 saturated carbocycles. The van der Waals surface area contributed by atoms with Crippen molar-refractivity contribution in [3.8, 4) is 0 Å². The van der Waals surface area contributed by atoms with Crippen molar-refractivity contribution in [2.45, 2.75) is 71.1 Å². The van der Waals surface area contributed by atoms with Gasteiger partial charge in [0.2, 0.25) is 0 Å². The van der Waals surface area contributed by atoms with Crippen LogP contribution < -0.4 is 5.32 Å². The van der Waals surface area contributed by atoms with Gasteiger partial charge in [0, 0.05) is 18.0 Å². The van der Waals surface area contributed by atoms with Crippen molar-refractivity contribution < 1.29 is 4.39 Å². The minimum atomic E-state index is -0.262. The van der Waals surface area contributed by atoms with Crippen LogP contribution in [0.3, 0.4) is 0 Å². The summed E-state index contributed by atoms with van der Waals surface area (Å²) >= 11 is 0. The normalized spacial score (nSPS) is 11.1. The van der Waals surface area contributed by atoms with E-state index in [1.807, 2.05) is 0 Å². The maximum Gasteiger partial charge on any atom is 0.137 e. The van der Waals surface area contributed by atoms with Crippen LogP contribution in [0.25, 0.3) is 10.9 Å². The van der Waals surface area contributed by atoms with Crippen LogP contribution >= 0.6 is 0 Å². The van der Waals surface area contributed by atoms with Crippen molar-refractivity contribution in [1.29, 1.82) is 0 Å². The monoisotopic (exact) mass is 331 g/mol. The lowest BCUT2D eigenvalue weighted by molar-refractivity contribution is 0.560. The maximum absolute atomic E-state index is 13.2. The van der Waals surface area contributed by atoms with Crippen LogP contribution in [-0.4, -0.2) is 16.5 Å². The molecule has 0 radical (unpaired) electrons. The Hall–Kier alpha value is -1.71. The lowest BCUT2D eigenvalue weighted by Crippen LogP contribution is -2.04. The number of rotatable bonds is 12. The van der Waals surface area contributed by atoms with Crippen LogP contribution in [0.1, 0.15) is 71.1 Å². The second-order valence-electron chi connectivity index (χ2n) is 6.49.